The van der Waals surface area contributed by atoms with Crippen molar-refractivity contribution in [1.29, 1.82) is 0 Å². The van der Waals surface area contributed by atoms with Crippen molar-refractivity contribution in [2.45, 2.75) is 32.1 Å². The molecule has 31 heavy (non-hydrogen) atoms. The van der Waals surface area contributed by atoms with Gasteiger partial charge in [-0.05, 0) is 55.0 Å². The number of aromatic nitrogens is 1. The highest BCUT2D eigenvalue weighted by molar-refractivity contribution is 5.76. The Morgan fingerprint density at radius 3 is 2.61 bits per heavy atom. The predicted octanol–water partition coefficient (Wildman–Crippen LogP) is 4.90. The van der Waals surface area contributed by atoms with Crippen LogP contribution in [0.4, 0.5) is 4.39 Å². The number of methoxy groups -OCH3 is 1. The van der Waals surface area contributed by atoms with E-state index in [4.69, 9.17) is 9.15 Å². The highest BCUT2D eigenvalue weighted by atomic mass is 19.1. The molecule has 0 aliphatic carbocycles. The van der Waals surface area contributed by atoms with Crippen molar-refractivity contribution >= 4 is 5.91 Å². The molecule has 0 unspecified atom stereocenters. The summed E-state index contributed by atoms with van der Waals surface area (Å²) in [6, 6.07) is 14.6. The van der Waals surface area contributed by atoms with Gasteiger partial charge in [0.15, 0.2) is 11.7 Å². The fraction of sp³-hybridized carbons (Fsp3) is 0.360. The zero-order chi connectivity index (χ0) is 21.6. The van der Waals surface area contributed by atoms with E-state index in [9.17, 15) is 9.18 Å². The molecular formula is C25H27FN2O3. The van der Waals surface area contributed by atoms with E-state index >= 15 is 0 Å². The Kier molecular flexibility index (Phi) is 6.65. The second-order valence-electron chi connectivity index (χ2n) is 7.97. The number of ether oxygens (including phenoxy) is 1. The van der Waals surface area contributed by atoms with E-state index in [1.54, 1.807) is 25.3 Å². The van der Waals surface area contributed by atoms with Gasteiger partial charge in [-0.1, -0.05) is 24.3 Å². The van der Waals surface area contributed by atoms with Gasteiger partial charge in [-0.25, -0.2) is 9.37 Å². The molecule has 4 rings (SSSR count). The summed E-state index contributed by atoms with van der Waals surface area (Å²) in [4.78, 5) is 18.8. The number of likely N-dealkylation sites (tertiary alicyclic amines) is 1. The van der Waals surface area contributed by atoms with Gasteiger partial charge in [-0.15, -0.1) is 0 Å². The summed E-state index contributed by atoms with van der Waals surface area (Å²) in [6.45, 7) is 1.57. The van der Waals surface area contributed by atoms with E-state index in [2.05, 4.69) is 17.1 Å². The number of halogens is 1. The number of nitrogens with zero attached hydrogens (tertiary/aromatic N) is 2. The Labute approximate surface area is 181 Å². The largest absolute Gasteiger partial charge is 0.497 e. The summed E-state index contributed by atoms with van der Waals surface area (Å²) in [6.07, 6.45) is 5.33. The van der Waals surface area contributed by atoms with Crippen LogP contribution >= 0.6 is 0 Å². The maximum absolute atomic E-state index is 13.9. The third-order valence-electron chi connectivity index (χ3n) is 5.90. The first-order chi connectivity index (χ1) is 15.1. The third kappa shape index (κ3) is 5.32. The maximum Gasteiger partial charge on any atom is 0.223 e. The number of oxazole rings is 1. The van der Waals surface area contributed by atoms with Crippen molar-refractivity contribution in [2.24, 2.45) is 5.92 Å². The SMILES string of the molecule is COc1ccc(CC2CCN(C(=O)CCc3ncc(-c4ccccc4F)o3)CC2)cc1. The molecule has 0 atom stereocenters. The lowest BCUT2D eigenvalue weighted by Gasteiger charge is -2.32. The van der Waals surface area contributed by atoms with Gasteiger partial charge in [-0.2, -0.15) is 0 Å². The number of carbonyl (C=O) groups excluding carboxylic acids is 1. The van der Waals surface area contributed by atoms with Gasteiger partial charge in [0.25, 0.3) is 0 Å². The van der Waals surface area contributed by atoms with Crippen molar-refractivity contribution in [3.63, 3.8) is 0 Å². The van der Waals surface area contributed by atoms with E-state index < -0.39 is 0 Å². The van der Waals surface area contributed by atoms with Gasteiger partial charge in [0.05, 0.1) is 18.9 Å². The molecule has 1 saturated heterocycles. The number of rotatable bonds is 7. The van der Waals surface area contributed by atoms with Crippen molar-refractivity contribution in [1.82, 2.24) is 9.88 Å². The van der Waals surface area contributed by atoms with Crippen LogP contribution in [0.1, 0.15) is 30.7 Å². The maximum atomic E-state index is 13.9. The molecule has 1 aliphatic rings. The standard InChI is InChI=1S/C25H27FN2O3/c1-30-20-8-6-18(7-9-20)16-19-12-14-28(15-13-19)25(29)11-10-24-27-17-23(31-24)21-4-2-3-5-22(21)26/h2-9,17,19H,10-16H2,1H3. The average Bonchev–Trinajstić information content (AvgIpc) is 3.27. The highest BCUT2D eigenvalue weighted by Crippen LogP contribution is 2.25. The molecule has 6 heteroatoms. The molecule has 1 fully saturated rings. The van der Waals surface area contributed by atoms with E-state index in [-0.39, 0.29) is 11.7 Å². The van der Waals surface area contributed by atoms with Gasteiger partial charge in [0.2, 0.25) is 5.91 Å². The van der Waals surface area contributed by atoms with Crippen molar-refractivity contribution in [3.05, 3.63) is 72.0 Å². The lowest BCUT2D eigenvalue weighted by atomic mass is 9.90. The number of hydrogen-bond donors (Lipinski definition) is 0. The molecule has 1 amide bonds. The summed E-state index contributed by atoms with van der Waals surface area (Å²) in [7, 11) is 1.67. The molecule has 0 bridgehead atoms. The number of hydrogen-bond acceptors (Lipinski definition) is 4. The summed E-state index contributed by atoms with van der Waals surface area (Å²) in [5, 5.41) is 0. The van der Waals surface area contributed by atoms with Crippen LogP contribution in [0.2, 0.25) is 0 Å². The fourth-order valence-corrected chi connectivity index (χ4v) is 4.06. The molecule has 0 spiro atoms. The number of piperidine rings is 1. The first-order valence-electron chi connectivity index (χ1n) is 10.7. The zero-order valence-corrected chi connectivity index (χ0v) is 17.7. The van der Waals surface area contributed by atoms with Crippen LogP contribution in [0.5, 0.6) is 5.75 Å². The van der Waals surface area contributed by atoms with Gasteiger partial charge in [-0.3, -0.25) is 4.79 Å². The molecule has 5 nitrogen and oxygen atoms in total. The predicted molar refractivity (Wildman–Crippen MR) is 116 cm³/mol. The first kappa shape index (κ1) is 21.1. The van der Waals surface area contributed by atoms with E-state index in [0.29, 0.717) is 36.0 Å². The Morgan fingerprint density at radius 2 is 1.90 bits per heavy atom. The lowest BCUT2D eigenvalue weighted by Crippen LogP contribution is -2.39. The Balaban J connectivity index is 1.23. The summed E-state index contributed by atoms with van der Waals surface area (Å²) in [5.74, 6) is 2.08. The fourth-order valence-electron chi connectivity index (χ4n) is 4.06. The van der Waals surface area contributed by atoms with E-state index in [1.165, 1.54) is 17.8 Å². The lowest BCUT2D eigenvalue weighted by molar-refractivity contribution is -0.132. The normalized spacial score (nSPS) is 14.6. The molecule has 162 valence electrons. The van der Waals surface area contributed by atoms with Gasteiger partial charge >= 0.3 is 0 Å². The molecule has 0 saturated carbocycles. The first-order valence-corrected chi connectivity index (χ1v) is 10.7. The number of benzene rings is 2. The number of aryl methyl sites for hydroxylation is 1. The van der Waals surface area contributed by atoms with Crippen molar-refractivity contribution in [2.75, 3.05) is 20.2 Å². The van der Waals surface area contributed by atoms with Crippen LogP contribution in [0.25, 0.3) is 11.3 Å². The molecule has 1 aromatic heterocycles. The molecule has 0 radical (unpaired) electrons. The topological polar surface area (TPSA) is 55.6 Å². The van der Waals surface area contributed by atoms with E-state index in [1.807, 2.05) is 17.0 Å². The summed E-state index contributed by atoms with van der Waals surface area (Å²) < 4.78 is 24.8. The molecule has 0 N–H and O–H groups in total. The third-order valence-corrected chi connectivity index (χ3v) is 5.90. The minimum atomic E-state index is -0.348. The molecule has 2 heterocycles. The minimum absolute atomic E-state index is 0.119. The van der Waals surface area contributed by atoms with Crippen molar-refractivity contribution < 1.29 is 18.3 Å². The summed E-state index contributed by atoms with van der Waals surface area (Å²) in [5.41, 5.74) is 1.69. The van der Waals surface area contributed by atoms with Crippen LogP contribution in [0.3, 0.4) is 0 Å². The molecule has 1 aliphatic heterocycles. The zero-order valence-electron chi connectivity index (χ0n) is 17.7. The van der Waals surface area contributed by atoms with Crippen LogP contribution in [0, 0.1) is 11.7 Å². The second-order valence-corrected chi connectivity index (χ2v) is 7.97. The van der Waals surface area contributed by atoms with E-state index in [0.717, 1.165) is 38.1 Å². The summed E-state index contributed by atoms with van der Waals surface area (Å²) >= 11 is 0. The smallest absolute Gasteiger partial charge is 0.223 e. The number of amides is 1. The monoisotopic (exact) mass is 422 g/mol. The Bertz CT molecular complexity index is 1010. The van der Waals surface area contributed by atoms with Gasteiger partial charge in [0, 0.05) is 25.9 Å². The average molecular weight is 423 g/mol. The van der Waals surface area contributed by atoms with Gasteiger partial charge < -0.3 is 14.1 Å². The quantitative estimate of drug-likeness (QED) is 0.543. The van der Waals surface area contributed by atoms with Crippen molar-refractivity contribution in [3.8, 4) is 17.1 Å². The highest BCUT2D eigenvalue weighted by Gasteiger charge is 2.23. The minimum Gasteiger partial charge on any atom is -0.497 e. The van der Waals surface area contributed by atoms with Crippen LogP contribution in [-0.2, 0) is 17.6 Å². The Morgan fingerprint density at radius 1 is 1.16 bits per heavy atom. The molecular weight excluding hydrogens is 395 g/mol. The molecule has 2 aromatic carbocycles. The van der Waals surface area contributed by atoms with Crippen LogP contribution in [-0.4, -0.2) is 36.0 Å². The van der Waals surface area contributed by atoms with Crippen LogP contribution in [0.15, 0.2) is 59.1 Å². The second kappa shape index (κ2) is 9.77. The number of carbonyl (C=O) groups is 1. The molecule has 3 aromatic rings. The Hall–Kier alpha value is -3.15. The van der Waals surface area contributed by atoms with Crippen LogP contribution < -0.4 is 4.74 Å². The van der Waals surface area contributed by atoms with Gasteiger partial charge in [0.1, 0.15) is 11.6 Å².